The van der Waals surface area contributed by atoms with Crippen molar-refractivity contribution in [3.8, 4) is 0 Å². The average molecular weight is 282 g/mol. The van der Waals surface area contributed by atoms with E-state index in [2.05, 4.69) is 0 Å². The molecule has 4 heavy (non-hydrogen) atoms. The smallest absolute Gasteiger partial charge is 0 e. The zero-order valence-corrected chi connectivity index (χ0v) is 3.67. The summed E-state index contributed by atoms with van der Waals surface area (Å²) in [4.78, 5) is 0. The van der Waals surface area contributed by atoms with Crippen LogP contribution in [0.4, 0.5) is 0 Å². The van der Waals surface area contributed by atoms with Gasteiger partial charge in [-0.25, -0.2) is 0 Å². The van der Waals surface area contributed by atoms with Crippen molar-refractivity contribution in [2.45, 2.75) is 0 Å². The van der Waals surface area contributed by atoms with Crippen LogP contribution in [0.5, 0.6) is 0 Å². The van der Waals surface area contributed by atoms with Crippen molar-refractivity contribution in [3.63, 3.8) is 0 Å². The predicted octanol–water partition coefficient (Wildman–Crippen LogP) is -3.29. The minimum Gasteiger partial charge on any atom is 0 e. The molecule has 0 aromatic heterocycles. The molecule has 0 rings (SSSR count). The molecule has 0 saturated heterocycles. The van der Waals surface area contributed by atoms with Gasteiger partial charge in [-0.05, 0) is 0 Å². The predicted molar refractivity (Wildman–Crippen MR) is 28.4 cm³/mol. The van der Waals surface area contributed by atoms with Crippen molar-refractivity contribution < 1.29 is 19.5 Å². The summed E-state index contributed by atoms with van der Waals surface area (Å²) in [7, 11) is 0. The summed E-state index contributed by atoms with van der Waals surface area (Å²) in [6.07, 6.45) is 0. The summed E-state index contributed by atoms with van der Waals surface area (Å²) in [5.41, 5.74) is 0. The summed E-state index contributed by atoms with van der Waals surface area (Å²) < 4.78 is 0. The molecule has 0 saturated carbocycles. The molecule has 0 radical (unpaired) electrons. The maximum Gasteiger partial charge on any atom is 0.316 e. The Labute approximate surface area is 86.6 Å². The summed E-state index contributed by atoms with van der Waals surface area (Å²) in [6, 6.07) is 0. The third-order valence-electron chi connectivity index (χ3n) is 0. The molecule has 4 heteroatoms. The molecule has 0 aliphatic heterocycles. The standard InChI is InChI=1S/Ga.In.Mg.Zn.8H. The fourth-order valence-electron chi connectivity index (χ4n) is 0. The molecule has 0 aliphatic rings. The van der Waals surface area contributed by atoms with Gasteiger partial charge < -0.3 is 0 Å². The second-order valence-electron chi connectivity index (χ2n) is 0. The summed E-state index contributed by atoms with van der Waals surface area (Å²) >= 11 is 0. The molecule has 0 aromatic rings. The second-order valence-corrected chi connectivity index (χ2v) is 0. The maximum atomic E-state index is 0. The van der Waals surface area contributed by atoms with E-state index >= 15 is 0 Å². The largest absolute Gasteiger partial charge is 0.316 e. The van der Waals surface area contributed by atoms with E-state index in [1.807, 2.05) is 0 Å². The molecule has 0 fully saturated rings. The third kappa shape index (κ3) is 8.86. The Balaban J connectivity index is 0. The van der Waals surface area contributed by atoms with Crippen LogP contribution in [0.3, 0.4) is 0 Å². The first-order valence-corrected chi connectivity index (χ1v) is 0. The van der Waals surface area contributed by atoms with Gasteiger partial charge >= 0.3 is 68.7 Å². The van der Waals surface area contributed by atoms with E-state index in [9.17, 15) is 0 Å². The molecule has 0 amide bonds. The van der Waals surface area contributed by atoms with Crippen molar-refractivity contribution in [3.05, 3.63) is 0 Å². The van der Waals surface area contributed by atoms with Crippen molar-refractivity contribution >= 4 is 68.7 Å². The maximum absolute atomic E-state index is 0. The van der Waals surface area contributed by atoms with Crippen LogP contribution < -0.4 is 0 Å². The van der Waals surface area contributed by atoms with Crippen LogP contribution in [-0.4, -0.2) is 68.7 Å². The van der Waals surface area contributed by atoms with Gasteiger partial charge in [0.2, 0.25) is 0 Å². The molecule has 0 nitrogen and oxygen atoms in total. The Morgan fingerprint density at radius 2 is 1.00 bits per heavy atom. The fraction of sp³-hybridized carbons (Fsp3) is 0. The molecule has 0 spiro atoms. The van der Waals surface area contributed by atoms with Gasteiger partial charge in [0.15, 0.2) is 0 Å². The van der Waals surface area contributed by atoms with Crippen LogP contribution in [0.1, 0.15) is 0 Å². The SMILES string of the molecule is [GaH3].[InH3].[MgH2].[Zn]. The van der Waals surface area contributed by atoms with Gasteiger partial charge in [-0.1, -0.05) is 0 Å². The van der Waals surface area contributed by atoms with Gasteiger partial charge in [-0.15, -0.1) is 0 Å². The van der Waals surface area contributed by atoms with Crippen LogP contribution in [-0.2, 0) is 19.5 Å². The molecule has 18 valence electrons. The van der Waals surface area contributed by atoms with Crippen LogP contribution in [0.15, 0.2) is 0 Å². The van der Waals surface area contributed by atoms with Gasteiger partial charge in [0.05, 0.1) is 0 Å². The topological polar surface area (TPSA) is 0 Å². The van der Waals surface area contributed by atoms with Crippen molar-refractivity contribution in [1.29, 1.82) is 0 Å². The van der Waals surface area contributed by atoms with Crippen LogP contribution >= 0.6 is 0 Å². The van der Waals surface area contributed by atoms with Gasteiger partial charge in [-0.3, -0.25) is 0 Å². The number of rotatable bonds is 0. The van der Waals surface area contributed by atoms with Crippen LogP contribution in [0, 0.1) is 0 Å². The summed E-state index contributed by atoms with van der Waals surface area (Å²) in [6.45, 7) is 0. The Bertz CT molecular complexity index is 8.00. The zero-order chi connectivity index (χ0) is 0. The Morgan fingerprint density at radius 3 is 1.00 bits per heavy atom. The molecule has 0 aromatic carbocycles. The third-order valence-corrected chi connectivity index (χ3v) is 0. The van der Waals surface area contributed by atoms with E-state index in [0.717, 1.165) is 0 Å². The number of hydrogen-bond acceptors (Lipinski definition) is 0. The Kier molecular flexibility index (Phi) is 120. The molecule has 0 unspecified atom stereocenters. The molecular weight excluding hydrogens is 274 g/mol. The fourth-order valence-corrected chi connectivity index (χ4v) is 0. The number of hydrogen-bond donors (Lipinski definition) is 0. The van der Waals surface area contributed by atoms with Gasteiger partial charge in [0, 0.05) is 19.5 Å². The first kappa shape index (κ1) is 28.6. The Morgan fingerprint density at radius 1 is 1.00 bits per heavy atom. The Hall–Kier alpha value is 2.90. The van der Waals surface area contributed by atoms with Crippen molar-refractivity contribution in [1.82, 2.24) is 0 Å². The molecule has 0 bridgehead atoms. The second kappa shape index (κ2) is 16.9. The molecule has 0 atom stereocenters. The monoisotopic (exact) mass is 280 g/mol. The van der Waals surface area contributed by atoms with Crippen LogP contribution in [0.25, 0.3) is 0 Å². The quantitative estimate of drug-likeness (QED) is 0.409. The average Bonchev–Trinajstić information content (AvgIpc) is 0. The van der Waals surface area contributed by atoms with Crippen molar-refractivity contribution in [2.75, 3.05) is 0 Å². The van der Waals surface area contributed by atoms with Crippen LogP contribution in [0.2, 0.25) is 0 Å². The molecule has 0 N–H and O–H groups in total. The van der Waals surface area contributed by atoms with E-state index in [1.165, 1.54) is 0 Å². The minimum atomic E-state index is 0. The zero-order valence-electron chi connectivity index (χ0n) is 0.707. The molecular formula is H8GaInMgZn. The normalized spacial score (nSPS) is 0. The van der Waals surface area contributed by atoms with E-state index < -0.39 is 0 Å². The first-order valence-electron chi connectivity index (χ1n) is 0. The van der Waals surface area contributed by atoms with E-state index in [4.69, 9.17) is 0 Å². The molecule has 0 aliphatic carbocycles. The van der Waals surface area contributed by atoms with Crippen molar-refractivity contribution in [2.24, 2.45) is 0 Å². The van der Waals surface area contributed by atoms with Gasteiger partial charge in [0.25, 0.3) is 0 Å². The van der Waals surface area contributed by atoms with Gasteiger partial charge in [-0.2, -0.15) is 0 Å². The first-order chi connectivity index (χ1) is 0. The summed E-state index contributed by atoms with van der Waals surface area (Å²) in [5.74, 6) is 0. The summed E-state index contributed by atoms with van der Waals surface area (Å²) in [5, 5.41) is 0. The van der Waals surface area contributed by atoms with E-state index in [0.29, 0.717) is 0 Å². The molecule has 0 heterocycles. The van der Waals surface area contributed by atoms with Gasteiger partial charge in [0.1, 0.15) is 0 Å². The van der Waals surface area contributed by atoms with E-state index in [-0.39, 0.29) is 88.2 Å². The van der Waals surface area contributed by atoms with E-state index in [1.54, 1.807) is 0 Å². The minimum absolute atomic E-state index is 0.